The Morgan fingerprint density at radius 3 is 2.56 bits per heavy atom. The molecule has 0 unspecified atom stereocenters. The van der Waals surface area contributed by atoms with Crippen molar-refractivity contribution in [3.63, 3.8) is 0 Å². The van der Waals surface area contributed by atoms with Gasteiger partial charge in [-0.25, -0.2) is 18.5 Å². The van der Waals surface area contributed by atoms with Crippen molar-refractivity contribution in [3.05, 3.63) is 41.4 Å². The van der Waals surface area contributed by atoms with Gasteiger partial charge >= 0.3 is 0 Å². The third kappa shape index (κ3) is 3.52. The van der Waals surface area contributed by atoms with Crippen LogP contribution in [0.25, 0.3) is 0 Å². The number of hydrogen-bond donors (Lipinski definition) is 2. The maximum Gasteiger partial charge on any atom is 0.238 e. The summed E-state index contributed by atoms with van der Waals surface area (Å²) in [4.78, 5) is 4.24. The van der Waals surface area contributed by atoms with Gasteiger partial charge < -0.3 is 5.32 Å². The molecule has 0 aliphatic carbocycles. The van der Waals surface area contributed by atoms with Crippen molar-refractivity contribution in [2.75, 3.05) is 11.9 Å². The fraction of sp³-hybridized carbons (Fsp3) is 0.182. The highest BCUT2D eigenvalue weighted by atomic mass is 32.2. The molecule has 1 aromatic heterocycles. The van der Waals surface area contributed by atoms with E-state index in [9.17, 15) is 8.42 Å². The van der Waals surface area contributed by atoms with Crippen molar-refractivity contribution < 1.29 is 8.42 Å². The van der Waals surface area contributed by atoms with Gasteiger partial charge in [0.05, 0.1) is 4.90 Å². The van der Waals surface area contributed by atoms with Crippen LogP contribution in [0.1, 0.15) is 5.56 Å². The Morgan fingerprint density at radius 2 is 2.00 bits per heavy atom. The van der Waals surface area contributed by atoms with Crippen molar-refractivity contribution in [3.8, 4) is 0 Å². The standard InChI is InChI=1S/C11H13N3O2S2/c12-18(15,16)10-3-1-9(2-4-10)5-6-13-11-14-7-8-17-11/h1-4,7-8H,5-6H2,(H,13,14)(H2,12,15,16). The highest BCUT2D eigenvalue weighted by Crippen LogP contribution is 2.12. The Balaban J connectivity index is 1.91. The van der Waals surface area contributed by atoms with Crippen LogP contribution in [0.2, 0.25) is 0 Å². The molecule has 0 amide bonds. The Labute approximate surface area is 110 Å². The number of sulfonamides is 1. The van der Waals surface area contributed by atoms with E-state index >= 15 is 0 Å². The molecule has 96 valence electrons. The van der Waals surface area contributed by atoms with Gasteiger partial charge in [0, 0.05) is 18.1 Å². The van der Waals surface area contributed by atoms with Crippen LogP contribution >= 0.6 is 11.3 Å². The van der Waals surface area contributed by atoms with Crippen molar-refractivity contribution in [1.29, 1.82) is 0 Å². The summed E-state index contributed by atoms with van der Waals surface area (Å²) in [6.45, 7) is 0.752. The van der Waals surface area contributed by atoms with E-state index in [0.29, 0.717) is 0 Å². The van der Waals surface area contributed by atoms with E-state index in [4.69, 9.17) is 5.14 Å². The highest BCUT2D eigenvalue weighted by molar-refractivity contribution is 7.89. The number of nitrogens with zero attached hydrogens (tertiary/aromatic N) is 1. The van der Waals surface area contributed by atoms with Crippen molar-refractivity contribution in [1.82, 2.24) is 4.98 Å². The molecule has 5 nitrogen and oxygen atoms in total. The van der Waals surface area contributed by atoms with Crippen LogP contribution in [0, 0.1) is 0 Å². The number of nitrogens with two attached hydrogens (primary N) is 1. The Bertz CT molecular complexity index is 592. The number of primary sulfonamides is 1. The van der Waals surface area contributed by atoms with Crippen molar-refractivity contribution in [2.45, 2.75) is 11.3 Å². The number of hydrogen-bond acceptors (Lipinski definition) is 5. The van der Waals surface area contributed by atoms with Crippen LogP contribution in [-0.2, 0) is 16.4 Å². The third-order valence-electron chi connectivity index (χ3n) is 2.37. The molecule has 0 aliphatic rings. The van der Waals surface area contributed by atoms with Gasteiger partial charge in [0.15, 0.2) is 5.13 Å². The predicted molar refractivity (Wildman–Crippen MR) is 72.1 cm³/mol. The molecule has 0 spiro atoms. The van der Waals surface area contributed by atoms with Gasteiger partial charge in [-0.15, -0.1) is 11.3 Å². The van der Waals surface area contributed by atoms with Crippen LogP contribution < -0.4 is 10.5 Å². The quantitative estimate of drug-likeness (QED) is 0.869. The Hall–Kier alpha value is -1.44. The lowest BCUT2D eigenvalue weighted by Gasteiger charge is -2.04. The smallest absolute Gasteiger partial charge is 0.238 e. The average molecular weight is 283 g/mol. The molecule has 0 saturated heterocycles. The van der Waals surface area contributed by atoms with Crippen molar-refractivity contribution in [2.24, 2.45) is 5.14 Å². The molecule has 1 heterocycles. The molecule has 2 rings (SSSR count). The second-order valence-corrected chi connectivity index (χ2v) is 6.16. The molecule has 0 radical (unpaired) electrons. The van der Waals surface area contributed by atoms with E-state index in [-0.39, 0.29) is 4.90 Å². The van der Waals surface area contributed by atoms with E-state index in [1.165, 1.54) is 12.1 Å². The lowest BCUT2D eigenvalue weighted by atomic mass is 10.1. The number of nitrogens with one attached hydrogen (secondary N) is 1. The number of aromatic nitrogens is 1. The van der Waals surface area contributed by atoms with E-state index in [1.807, 2.05) is 5.38 Å². The van der Waals surface area contributed by atoms with Gasteiger partial charge in [-0.1, -0.05) is 12.1 Å². The van der Waals surface area contributed by atoms with Gasteiger partial charge in [0.25, 0.3) is 0 Å². The predicted octanol–water partition coefficient (Wildman–Crippen LogP) is 1.45. The summed E-state index contributed by atoms with van der Waals surface area (Å²) < 4.78 is 22.1. The summed E-state index contributed by atoms with van der Waals surface area (Å²) in [5, 5.41) is 11.0. The van der Waals surface area contributed by atoms with E-state index in [2.05, 4.69) is 10.3 Å². The SMILES string of the molecule is NS(=O)(=O)c1ccc(CCNc2nccs2)cc1. The molecular weight excluding hydrogens is 270 g/mol. The molecule has 0 atom stereocenters. The minimum absolute atomic E-state index is 0.138. The first kappa shape index (κ1) is 13.0. The van der Waals surface area contributed by atoms with Crippen molar-refractivity contribution >= 4 is 26.5 Å². The van der Waals surface area contributed by atoms with Crippen LogP contribution in [0.4, 0.5) is 5.13 Å². The normalized spacial score (nSPS) is 11.4. The van der Waals surface area contributed by atoms with E-state index < -0.39 is 10.0 Å². The Kier molecular flexibility index (Phi) is 3.95. The topological polar surface area (TPSA) is 85.1 Å². The summed E-state index contributed by atoms with van der Waals surface area (Å²) in [6, 6.07) is 6.58. The number of rotatable bonds is 5. The molecule has 7 heteroatoms. The summed E-state index contributed by atoms with van der Waals surface area (Å²) in [5.41, 5.74) is 1.05. The van der Waals surface area contributed by atoms with E-state index in [1.54, 1.807) is 29.7 Å². The maximum absolute atomic E-state index is 11.1. The van der Waals surface area contributed by atoms with Crippen LogP contribution in [0.15, 0.2) is 40.7 Å². The zero-order valence-corrected chi connectivity index (χ0v) is 11.2. The molecule has 2 aromatic rings. The van der Waals surface area contributed by atoms with Crippen LogP contribution in [-0.4, -0.2) is 19.9 Å². The van der Waals surface area contributed by atoms with Crippen LogP contribution in [0.5, 0.6) is 0 Å². The Morgan fingerprint density at radius 1 is 1.28 bits per heavy atom. The summed E-state index contributed by atoms with van der Waals surface area (Å²) in [6.07, 6.45) is 2.54. The minimum atomic E-state index is -3.60. The molecule has 0 aliphatic heterocycles. The zero-order chi connectivity index (χ0) is 13.0. The largest absolute Gasteiger partial charge is 0.361 e. The van der Waals surface area contributed by atoms with Crippen LogP contribution in [0.3, 0.4) is 0 Å². The molecular formula is C11H13N3O2S2. The third-order valence-corrected chi connectivity index (χ3v) is 4.03. The fourth-order valence-corrected chi connectivity index (χ4v) is 2.54. The van der Waals surface area contributed by atoms with Gasteiger partial charge in [0.2, 0.25) is 10.0 Å². The number of anilines is 1. The summed E-state index contributed by atoms with van der Waals surface area (Å²) in [5.74, 6) is 0. The average Bonchev–Trinajstić information content (AvgIpc) is 2.82. The second-order valence-electron chi connectivity index (χ2n) is 3.70. The fourth-order valence-electron chi connectivity index (χ4n) is 1.47. The van der Waals surface area contributed by atoms with Gasteiger partial charge in [-0.2, -0.15) is 0 Å². The highest BCUT2D eigenvalue weighted by Gasteiger charge is 2.06. The molecule has 18 heavy (non-hydrogen) atoms. The molecule has 3 N–H and O–H groups in total. The molecule has 0 saturated carbocycles. The lowest BCUT2D eigenvalue weighted by molar-refractivity contribution is 0.598. The first-order valence-corrected chi connectivity index (χ1v) is 7.73. The minimum Gasteiger partial charge on any atom is -0.361 e. The molecule has 1 aromatic carbocycles. The number of benzene rings is 1. The number of thiazole rings is 1. The first-order chi connectivity index (χ1) is 8.55. The monoisotopic (exact) mass is 283 g/mol. The van der Waals surface area contributed by atoms with Gasteiger partial charge in [-0.3, -0.25) is 0 Å². The molecule has 0 bridgehead atoms. The second kappa shape index (κ2) is 5.47. The van der Waals surface area contributed by atoms with Gasteiger partial charge in [-0.05, 0) is 24.1 Å². The summed E-state index contributed by atoms with van der Waals surface area (Å²) in [7, 11) is -3.60. The first-order valence-electron chi connectivity index (χ1n) is 5.31. The zero-order valence-electron chi connectivity index (χ0n) is 9.54. The van der Waals surface area contributed by atoms with Gasteiger partial charge in [0.1, 0.15) is 0 Å². The molecule has 0 fully saturated rings. The lowest BCUT2D eigenvalue weighted by Crippen LogP contribution is -2.12. The maximum atomic E-state index is 11.1. The van der Waals surface area contributed by atoms with E-state index in [0.717, 1.165) is 23.7 Å². The summed E-state index contributed by atoms with van der Waals surface area (Å²) >= 11 is 1.55.